The van der Waals surface area contributed by atoms with Gasteiger partial charge in [0.2, 0.25) is 0 Å². The van der Waals surface area contributed by atoms with Gasteiger partial charge in [-0.1, -0.05) is 6.07 Å². The van der Waals surface area contributed by atoms with Gasteiger partial charge in [-0.25, -0.2) is 0 Å². The second kappa shape index (κ2) is 4.47. The van der Waals surface area contributed by atoms with E-state index >= 15 is 0 Å². The molecule has 0 aliphatic rings. The third-order valence-electron chi connectivity index (χ3n) is 2.24. The summed E-state index contributed by atoms with van der Waals surface area (Å²) in [6.07, 6.45) is 0.843. The summed E-state index contributed by atoms with van der Waals surface area (Å²) in [5.74, 6) is 0. The molecule has 0 saturated carbocycles. The molecule has 15 heavy (non-hydrogen) atoms. The van der Waals surface area contributed by atoms with Crippen LogP contribution in [-0.4, -0.2) is 16.3 Å². The fraction of sp³-hybridized carbons (Fsp3) is 0.300. The highest BCUT2D eigenvalue weighted by molar-refractivity contribution is 9.10. The molecule has 0 saturated heterocycles. The minimum atomic E-state index is 0.641. The summed E-state index contributed by atoms with van der Waals surface area (Å²) in [6.45, 7) is 0.641. The molecule has 0 radical (unpaired) electrons. The molecule has 5 heteroatoms. The standard InChI is InChI=1S/C10H12BrN3S/c1-14-7(4-5-12)9(11)10(13-14)8-3-2-6-15-8/h2-3,6H,4-5,12H2,1H3. The van der Waals surface area contributed by atoms with Crippen LogP contribution in [0.25, 0.3) is 10.6 Å². The molecule has 2 rings (SSSR count). The molecule has 2 aromatic heterocycles. The molecule has 0 aromatic carbocycles. The van der Waals surface area contributed by atoms with Gasteiger partial charge in [0.25, 0.3) is 0 Å². The van der Waals surface area contributed by atoms with E-state index in [0.29, 0.717) is 6.54 Å². The van der Waals surface area contributed by atoms with Crippen LogP contribution in [0.3, 0.4) is 0 Å². The number of halogens is 1. The zero-order valence-electron chi connectivity index (χ0n) is 8.40. The molecular weight excluding hydrogens is 274 g/mol. The van der Waals surface area contributed by atoms with E-state index in [0.717, 1.165) is 22.3 Å². The van der Waals surface area contributed by atoms with Gasteiger partial charge >= 0.3 is 0 Å². The van der Waals surface area contributed by atoms with Crippen molar-refractivity contribution in [2.24, 2.45) is 12.8 Å². The lowest BCUT2D eigenvalue weighted by Gasteiger charge is -1.98. The minimum Gasteiger partial charge on any atom is -0.330 e. The Hall–Kier alpha value is -0.650. The van der Waals surface area contributed by atoms with Crippen LogP contribution >= 0.6 is 27.3 Å². The highest BCUT2D eigenvalue weighted by atomic mass is 79.9. The van der Waals surface area contributed by atoms with Gasteiger partial charge in [-0.2, -0.15) is 5.10 Å². The maximum absolute atomic E-state index is 5.57. The molecule has 0 unspecified atom stereocenters. The Labute approximate surface area is 101 Å². The lowest BCUT2D eigenvalue weighted by molar-refractivity contribution is 0.707. The molecule has 3 nitrogen and oxygen atoms in total. The van der Waals surface area contributed by atoms with Crippen molar-refractivity contribution in [2.75, 3.05) is 6.54 Å². The van der Waals surface area contributed by atoms with Gasteiger partial charge in [-0.15, -0.1) is 11.3 Å². The van der Waals surface area contributed by atoms with Crippen molar-refractivity contribution >= 4 is 27.3 Å². The summed E-state index contributed by atoms with van der Waals surface area (Å²) < 4.78 is 2.96. The van der Waals surface area contributed by atoms with Crippen LogP contribution in [0, 0.1) is 0 Å². The van der Waals surface area contributed by atoms with Crippen LogP contribution in [0.15, 0.2) is 22.0 Å². The van der Waals surface area contributed by atoms with Crippen molar-refractivity contribution in [3.05, 3.63) is 27.7 Å². The van der Waals surface area contributed by atoms with Crippen molar-refractivity contribution in [3.8, 4) is 10.6 Å². The number of rotatable bonds is 3. The van der Waals surface area contributed by atoms with E-state index < -0.39 is 0 Å². The average Bonchev–Trinajstić information content (AvgIpc) is 2.81. The van der Waals surface area contributed by atoms with Crippen LogP contribution in [0.2, 0.25) is 0 Å². The number of thiophene rings is 1. The smallest absolute Gasteiger partial charge is 0.117 e. The van der Waals surface area contributed by atoms with Crippen LogP contribution in [0.1, 0.15) is 5.69 Å². The maximum atomic E-state index is 5.57. The quantitative estimate of drug-likeness (QED) is 0.941. The van der Waals surface area contributed by atoms with Gasteiger partial charge in [-0.3, -0.25) is 4.68 Å². The van der Waals surface area contributed by atoms with Crippen LogP contribution in [-0.2, 0) is 13.5 Å². The number of hydrogen-bond acceptors (Lipinski definition) is 3. The summed E-state index contributed by atoms with van der Waals surface area (Å²) in [4.78, 5) is 1.18. The predicted octanol–water partition coefficient (Wildman–Crippen LogP) is 2.41. The number of nitrogens with zero attached hydrogens (tertiary/aromatic N) is 2. The number of aryl methyl sites for hydroxylation is 1. The molecule has 0 fully saturated rings. The van der Waals surface area contributed by atoms with Crippen molar-refractivity contribution in [1.82, 2.24) is 9.78 Å². The Morgan fingerprint density at radius 1 is 1.60 bits per heavy atom. The first-order valence-electron chi connectivity index (χ1n) is 4.69. The average molecular weight is 286 g/mol. The molecule has 0 spiro atoms. The normalized spacial score (nSPS) is 10.9. The first-order chi connectivity index (χ1) is 7.24. The number of hydrogen-bond donors (Lipinski definition) is 1. The van der Waals surface area contributed by atoms with E-state index in [2.05, 4.69) is 32.5 Å². The van der Waals surface area contributed by atoms with Gasteiger partial charge in [0, 0.05) is 13.5 Å². The summed E-state index contributed by atoms with van der Waals surface area (Å²) in [5.41, 5.74) is 7.73. The molecule has 0 aliphatic heterocycles. The Bertz CT molecular complexity index is 447. The van der Waals surface area contributed by atoms with Gasteiger partial charge < -0.3 is 5.73 Å². The first kappa shape index (κ1) is 10.9. The Morgan fingerprint density at radius 3 is 3.00 bits per heavy atom. The van der Waals surface area contributed by atoms with E-state index in [-0.39, 0.29) is 0 Å². The van der Waals surface area contributed by atoms with E-state index in [1.165, 1.54) is 4.88 Å². The Morgan fingerprint density at radius 2 is 2.40 bits per heavy atom. The van der Waals surface area contributed by atoms with Crippen molar-refractivity contribution in [1.29, 1.82) is 0 Å². The molecule has 2 N–H and O–H groups in total. The van der Waals surface area contributed by atoms with Gasteiger partial charge in [0.1, 0.15) is 5.69 Å². The van der Waals surface area contributed by atoms with Crippen LogP contribution in [0.5, 0.6) is 0 Å². The van der Waals surface area contributed by atoms with E-state index in [4.69, 9.17) is 5.73 Å². The molecule has 0 atom stereocenters. The van der Waals surface area contributed by atoms with E-state index in [9.17, 15) is 0 Å². The monoisotopic (exact) mass is 285 g/mol. The molecule has 2 heterocycles. The SMILES string of the molecule is Cn1nc(-c2cccs2)c(Br)c1CCN. The van der Waals surface area contributed by atoms with Gasteiger partial charge in [0.15, 0.2) is 0 Å². The van der Waals surface area contributed by atoms with Crippen LogP contribution in [0.4, 0.5) is 0 Å². The summed E-state index contributed by atoms with van der Waals surface area (Å²) in [5, 5.41) is 6.55. The zero-order valence-corrected chi connectivity index (χ0v) is 10.8. The Kier molecular flexibility index (Phi) is 3.23. The second-order valence-corrected chi connectivity index (χ2v) is 4.99. The molecule has 2 aromatic rings. The molecule has 80 valence electrons. The maximum Gasteiger partial charge on any atom is 0.117 e. The summed E-state index contributed by atoms with van der Waals surface area (Å²) in [7, 11) is 1.95. The van der Waals surface area contributed by atoms with Gasteiger partial charge in [0.05, 0.1) is 15.0 Å². The molecule has 0 bridgehead atoms. The lowest BCUT2D eigenvalue weighted by Crippen LogP contribution is -2.07. The summed E-state index contributed by atoms with van der Waals surface area (Å²) >= 11 is 5.29. The molecule has 0 amide bonds. The fourth-order valence-corrected chi connectivity index (χ4v) is 3.11. The van der Waals surface area contributed by atoms with Crippen LogP contribution < -0.4 is 5.73 Å². The number of aromatic nitrogens is 2. The second-order valence-electron chi connectivity index (χ2n) is 3.25. The topological polar surface area (TPSA) is 43.8 Å². The summed E-state index contributed by atoms with van der Waals surface area (Å²) in [6, 6.07) is 4.10. The third-order valence-corrected chi connectivity index (χ3v) is 3.95. The highest BCUT2D eigenvalue weighted by Crippen LogP contribution is 2.32. The van der Waals surface area contributed by atoms with Crippen molar-refractivity contribution < 1.29 is 0 Å². The van der Waals surface area contributed by atoms with E-state index in [1.54, 1.807) is 11.3 Å². The fourth-order valence-electron chi connectivity index (χ4n) is 1.51. The zero-order chi connectivity index (χ0) is 10.8. The van der Waals surface area contributed by atoms with Crippen molar-refractivity contribution in [2.45, 2.75) is 6.42 Å². The molecule has 0 aliphatic carbocycles. The number of nitrogens with two attached hydrogens (primary N) is 1. The predicted molar refractivity (Wildman–Crippen MR) is 67.0 cm³/mol. The highest BCUT2D eigenvalue weighted by Gasteiger charge is 2.14. The van der Waals surface area contributed by atoms with Crippen molar-refractivity contribution in [3.63, 3.8) is 0 Å². The Balaban J connectivity index is 2.46. The largest absolute Gasteiger partial charge is 0.330 e. The third kappa shape index (κ3) is 2.00. The van der Waals surface area contributed by atoms with E-state index in [1.807, 2.05) is 17.8 Å². The molecular formula is C10H12BrN3S. The minimum absolute atomic E-state index is 0.641. The lowest BCUT2D eigenvalue weighted by atomic mass is 10.2. The van der Waals surface area contributed by atoms with Gasteiger partial charge in [-0.05, 0) is 33.9 Å². The first-order valence-corrected chi connectivity index (χ1v) is 6.36.